The van der Waals surface area contributed by atoms with E-state index in [1.54, 1.807) is 28.9 Å². The van der Waals surface area contributed by atoms with E-state index in [0.717, 1.165) is 11.3 Å². The van der Waals surface area contributed by atoms with Gasteiger partial charge in [0.15, 0.2) is 0 Å². The van der Waals surface area contributed by atoms with E-state index in [-0.39, 0.29) is 5.56 Å². The fourth-order valence-corrected chi connectivity index (χ4v) is 2.74. The zero-order chi connectivity index (χ0) is 15.4. The van der Waals surface area contributed by atoms with Gasteiger partial charge >= 0.3 is 5.97 Å². The van der Waals surface area contributed by atoms with Crippen molar-refractivity contribution in [1.82, 2.24) is 20.2 Å². The molecule has 0 aliphatic rings. The number of tetrazole rings is 1. The van der Waals surface area contributed by atoms with Crippen LogP contribution in [0.5, 0.6) is 0 Å². The summed E-state index contributed by atoms with van der Waals surface area (Å²) < 4.78 is 1.68. The van der Waals surface area contributed by atoms with Crippen molar-refractivity contribution in [2.75, 3.05) is 0 Å². The topological polar surface area (TPSA) is 80.9 Å². The van der Waals surface area contributed by atoms with E-state index >= 15 is 0 Å². The zero-order valence-corrected chi connectivity index (χ0v) is 12.3. The lowest BCUT2D eigenvalue weighted by molar-refractivity contribution is 0.0697. The Labute approximate surface area is 130 Å². The summed E-state index contributed by atoms with van der Waals surface area (Å²) in [6, 6.07) is 16.4. The quantitative estimate of drug-likeness (QED) is 0.729. The van der Waals surface area contributed by atoms with Gasteiger partial charge in [-0.05, 0) is 40.3 Å². The minimum atomic E-state index is -0.924. The Balaban J connectivity index is 1.72. The molecule has 0 aliphatic carbocycles. The molecule has 7 heteroatoms. The minimum Gasteiger partial charge on any atom is -0.478 e. The van der Waals surface area contributed by atoms with Gasteiger partial charge in [0.05, 0.1) is 11.3 Å². The lowest BCUT2D eigenvalue weighted by atomic mass is 10.1. The molecule has 3 rings (SSSR count). The molecule has 1 N–H and O–H groups in total. The molecule has 0 aliphatic heterocycles. The van der Waals surface area contributed by atoms with Gasteiger partial charge in [-0.1, -0.05) is 42.1 Å². The van der Waals surface area contributed by atoms with Gasteiger partial charge in [-0.3, -0.25) is 0 Å². The van der Waals surface area contributed by atoms with Crippen LogP contribution in [-0.2, 0) is 5.75 Å². The van der Waals surface area contributed by atoms with Crippen LogP contribution in [0.3, 0.4) is 0 Å². The van der Waals surface area contributed by atoms with Crippen molar-refractivity contribution >= 4 is 17.7 Å². The van der Waals surface area contributed by atoms with Crippen LogP contribution in [0.4, 0.5) is 0 Å². The second-order valence-corrected chi connectivity index (χ2v) is 5.44. The minimum absolute atomic E-state index is 0.280. The molecular weight excluding hydrogens is 300 g/mol. The first-order chi connectivity index (χ1) is 10.7. The number of para-hydroxylation sites is 1. The molecular formula is C15H12N4O2S. The first kappa shape index (κ1) is 14.3. The first-order valence-corrected chi connectivity index (χ1v) is 7.51. The molecule has 2 aromatic carbocycles. The lowest BCUT2D eigenvalue weighted by Gasteiger charge is -2.04. The number of carboxylic acid groups (broad SMARTS) is 1. The zero-order valence-electron chi connectivity index (χ0n) is 11.5. The molecule has 0 fully saturated rings. The monoisotopic (exact) mass is 312 g/mol. The van der Waals surface area contributed by atoms with Crippen LogP contribution in [0.1, 0.15) is 15.9 Å². The fourth-order valence-electron chi connectivity index (χ4n) is 1.89. The highest BCUT2D eigenvalue weighted by atomic mass is 32.2. The number of aromatic nitrogens is 4. The summed E-state index contributed by atoms with van der Waals surface area (Å²) in [5, 5.41) is 21.3. The van der Waals surface area contributed by atoms with Crippen LogP contribution in [0.15, 0.2) is 59.8 Å². The Morgan fingerprint density at radius 3 is 2.50 bits per heavy atom. The summed E-state index contributed by atoms with van der Waals surface area (Å²) in [7, 11) is 0. The Morgan fingerprint density at radius 2 is 1.82 bits per heavy atom. The third kappa shape index (κ3) is 3.15. The highest BCUT2D eigenvalue weighted by Gasteiger charge is 2.09. The van der Waals surface area contributed by atoms with E-state index in [9.17, 15) is 4.79 Å². The van der Waals surface area contributed by atoms with Gasteiger partial charge in [-0.25, -0.2) is 4.79 Å². The summed E-state index contributed by atoms with van der Waals surface area (Å²) in [6.07, 6.45) is 0. The van der Waals surface area contributed by atoms with Crippen LogP contribution < -0.4 is 0 Å². The average Bonchev–Trinajstić information content (AvgIpc) is 3.02. The molecule has 0 unspecified atom stereocenters. The Morgan fingerprint density at radius 1 is 1.09 bits per heavy atom. The van der Waals surface area contributed by atoms with Crippen LogP contribution >= 0.6 is 11.8 Å². The number of hydrogen-bond acceptors (Lipinski definition) is 5. The molecule has 0 saturated carbocycles. The maximum Gasteiger partial charge on any atom is 0.335 e. The molecule has 0 radical (unpaired) electrons. The summed E-state index contributed by atoms with van der Waals surface area (Å²) in [5.41, 5.74) is 2.19. The normalized spacial score (nSPS) is 10.5. The van der Waals surface area contributed by atoms with Gasteiger partial charge in [-0.15, -0.1) is 5.10 Å². The predicted octanol–water partition coefficient (Wildman–Crippen LogP) is 2.65. The number of nitrogens with zero attached hydrogens (tertiary/aromatic N) is 4. The lowest BCUT2D eigenvalue weighted by Crippen LogP contribution is -1.99. The molecule has 0 bridgehead atoms. The van der Waals surface area contributed by atoms with Gasteiger partial charge in [0.25, 0.3) is 0 Å². The number of hydrogen-bond donors (Lipinski definition) is 1. The number of carboxylic acids is 1. The Hall–Kier alpha value is -2.67. The summed E-state index contributed by atoms with van der Waals surface area (Å²) in [6.45, 7) is 0. The van der Waals surface area contributed by atoms with Gasteiger partial charge in [-0.2, -0.15) is 4.68 Å². The molecule has 0 amide bonds. The Bertz CT molecular complexity index is 772. The molecule has 3 aromatic rings. The Kier molecular flexibility index (Phi) is 4.15. The number of rotatable bonds is 5. The van der Waals surface area contributed by atoms with E-state index in [4.69, 9.17) is 5.11 Å². The molecule has 0 saturated heterocycles. The standard InChI is InChI=1S/C15H12N4O2S/c20-14(21)12-8-6-11(7-9-12)10-22-15-16-17-18-19(15)13-4-2-1-3-5-13/h1-9H,10H2,(H,20,21). The summed E-state index contributed by atoms with van der Waals surface area (Å²) in [5.74, 6) is -0.264. The predicted molar refractivity (Wildman–Crippen MR) is 82.1 cm³/mol. The smallest absolute Gasteiger partial charge is 0.335 e. The molecule has 22 heavy (non-hydrogen) atoms. The van der Waals surface area contributed by atoms with Crippen molar-refractivity contribution in [3.63, 3.8) is 0 Å². The molecule has 6 nitrogen and oxygen atoms in total. The number of benzene rings is 2. The summed E-state index contributed by atoms with van der Waals surface area (Å²) >= 11 is 1.50. The van der Waals surface area contributed by atoms with Gasteiger partial charge < -0.3 is 5.11 Å². The van der Waals surface area contributed by atoms with Crippen LogP contribution in [0.25, 0.3) is 5.69 Å². The number of carbonyl (C=O) groups is 1. The van der Waals surface area contributed by atoms with Crippen molar-refractivity contribution < 1.29 is 9.90 Å². The van der Waals surface area contributed by atoms with Crippen molar-refractivity contribution in [1.29, 1.82) is 0 Å². The van der Waals surface area contributed by atoms with E-state index < -0.39 is 5.97 Å². The van der Waals surface area contributed by atoms with Crippen molar-refractivity contribution in [3.05, 3.63) is 65.7 Å². The largest absolute Gasteiger partial charge is 0.478 e. The second kappa shape index (κ2) is 6.40. The van der Waals surface area contributed by atoms with Crippen LogP contribution in [0, 0.1) is 0 Å². The van der Waals surface area contributed by atoms with E-state index in [2.05, 4.69) is 15.5 Å². The second-order valence-electron chi connectivity index (χ2n) is 4.50. The highest BCUT2D eigenvalue weighted by Crippen LogP contribution is 2.22. The fraction of sp³-hybridized carbons (Fsp3) is 0.0667. The molecule has 0 atom stereocenters. The summed E-state index contributed by atoms with van der Waals surface area (Å²) in [4.78, 5) is 10.8. The van der Waals surface area contributed by atoms with E-state index in [1.165, 1.54) is 11.8 Å². The molecule has 0 spiro atoms. The maximum absolute atomic E-state index is 10.8. The van der Waals surface area contributed by atoms with E-state index in [1.807, 2.05) is 30.3 Å². The highest BCUT2D eigenvalue weighted by molar-refractivity contribution is 7.98. The SMILES string of the molecule is O=C(O)c1ccc(CSc2nnnn2-c2ccccc2)cc1. The van der Waals surface area contributed by atoms with Gasteiger partial charge in [0.1, 0.15) is 0 Å². The number of thioether (sulfide) groups is 1. The third-order valence-corrected chi connectivity index (χ3v) is 4.00. The van der Waals surface area contributed by atoms with Crippen molar-refractivity contribution in [3.8, 4) is 5.69 Å². The van der Waals surface area contributed by atoms with Crippen molar-refractivity contribution in [2.24, 2.45) is 0 Å². The van der Waals surface area contributed by atoms with Crippen LogP contribution in [0.2, 0.25) is 0 Å². The van der Waals surface area contributed by atoms with Crippen LogP contribution in [-0.4, -0.2) is 31.3 Å². The maximum atomic E-state index is 10.8. The first-order valence-electron chi connectivity index (χ1n) is 6.53. The van der Waals surface area contributed by atoms with Gasteiger partial charge in [0.2, 0.25) is 5.16 Å². The van der Waals surface area contributed by atoms with E-state index in [0.29, 0.717) is 10.9 Å². The third-order valence-electron chi connectivity index (χ3n) is 3.01. The molecule has 1 heterocycles. The average molecular weight is 312 g/mol. The van der Waals surface area contributed by atoms with Crippen molar-refractivity contribution in [2.45, 2.75) is 10.9 Å². The molecule has 110 valence electrons. The van der Waals surface area contributed by atoms with Gasteiger partial charge in [0, 0.05) is 5.75 Å². The molecule has 1 aromatic heterocycles. The number of aromatic carboxylic acids is 1.